The van der Waals surface area contributed by atoms with E-state index >= 15 is 0 Å². The molecule has 80 valence electrons. The molecular weight excluding hydrogens is 188 g/mol. The van der Waals surface area contributed by atoms with Crippen molar-refractivity contribution < 1.29 is 4.74 Å². The van der Waals surface area contributed by atoms with Gasteiger partial charge in [-0.25, -0.2) is 0 Å². The van der Waals surface area contributed by atoms with E-state index < -0.39 is 8.07 Å². The molecule has 0 rings (SSSR count). The zero-order valence-corrected chi connectivity index (χ0v) is 10.3. The van der Waals surface area contributed by atoms with Gasteiger partial charge in [0.15, 0.2) is 0 Å². The van der Waals surface area contributed by atoms with Crippen molar-refractivity contribution in [2.75, 3.05) is 12.8 Å². The van der Waals surface area contributed by atoms with Gasteiger partial charge in [0.2, 0.25) is 0 Å². The fraction of sp³-hybridized carbons (Fsp3) is 0.500. The zero-order valence-electron chi connectivity index (χ0n) is 9.30. The van der Waals surface area contributed by atoms with Crippen molar-refractivity contribution >= 4 is 8.07 Å². The molecule has 0 saturated carbocycles. The molecule has 0 aromatic carbocycles. The molecule has 0 spiro atoms. The van der Waals surface area contributed by atoms with Crippen LogP contribution in [0.1, 0.15) is 6.92 Å². The molecule has 0 aliphatic carbocycles. The van der Waals surface area contributed by atoms with Crippen molar-refractivity contribution in [1.29, 1.82) is 0 Å². The summed E-state index contributed by atoms with van der Waals surface area (Å²) in [6.45, 7) is 14.3. The fourth-order valence-corrected chi connectivity index (χ4v) is 4.99. The van der Waals surface area contributed by atoms with Gasteiger partial charge in [-0.15, -0.1) is 19.7 Å². The highest BCUT2D eigenvalue weighted by atomic mass is 28.3. The van der Waals surface area contributed by atoms with Crippen LogP contribution in [0.25, 0.3) is 0 Å². The SMILES string of the molecule is C=CC[Si](CC=C)(CC=C)COCC. The van der Waals surface area contributed by atoms with Crippen molar-refractivity contribution in [3.8, 4) is 0 Å². The summed E-state index contributed by atoms with van der Waals surface area (Å²) in [6.07, 6.45) is 6.93. The summed E-state index contributed by atoms with van der Waals surface area (Å²) in [5.74, 6) is 0. The topological polar surface area (TPSA) is 9.23 Å². The summed E-state index contributed by atoms with van der Waals surface area (Å²) < 4.78 is 5.58. The Kier molecular flexibility index (Phi) is 7.43. The van der Waals surface area contributed by atoms with Crippen LogP contribution >= 0.6 is 0 Å². The largest absolute Gasteiger partial charge is 0.385 e. The van der Waals surface area contributed by atoms with Crippen LogP contribution in [0.15, 0.2) is 38.0 Å². The number of hydrogen-bond donors (Lipinski definition) is 0. The van der Waals surface area contributed by atoms with Gasteiger partial charge in [0, 0.05) is 12.8 Å². The lowest BCUT2D eigenvalue weighted by molar-refractivity contribution is 0.187. The Bertz CT molecular complexity index is 160. The van der Waals surface area contributed by atoms with Gasteiger partial charge in [-0.05, 0) is 25.1 Å². The monoisotopic (exact) mass is 210 g/mol. The normalized spacial score (nSPS) is 10.9. The van der Waals surface area contributed by atoms with Crippen LogP contribution in [0.5, 0.6) is 0 Å². The highest BCUT2D eigenvalue weighted by Crippen LogP contribution is 2.23. The molecule has 0 saturated heterocycles. The van der Waals surface area contributed by atoms with Crippen molar-refractivity contribution in [3.05, 3.63) is 38.0 Å². The summed E-state index contributed by atoms with van der Waals surface area (Å²) in [4.78, 5) is 0. The lowest BCUT2D eigenvalue weighted by atomic mass is 10.7. The van der Waals surface area contributed by atoms with Gasteiger partial charge < -0.3 is 4.74 Å². The number of hydrogen-bond acceptors (Lipinski definition) is 1. The molecule has 0 fully saturated rings. The first-order chi connectivity index (χ1) is 6.74. The number of ether oxygens (including phenoxy) is 1. The minimum absolute atomic E-state index is 0.792. The molecule has 0 heterocycles. The summed E-state index contributed by atoms with van der Waals surface area (Å²) in [7, 11) is -1.39. The first-order valence-corrected chi connectivity index (χ1v) is 7.98. The van der Waals surface area contributed by atoms with Crippen LogP contribution in [0.2, 0.25) is 18.1 Å². The average Bonchev–Trinajstić information content (AvgIpc) is 2.16. The molecule has 0 aliphatic rings. The predicted molar refractivity (Wildman–Crippen MR) is 67.3 cm³/mol. The van der Waals surface area contributed by atoms with Crippen LogP contribution in [0, 0.1) is 0 Å². The Morgan fingerprint density at radius 1 is 1.00 bits per heavy atom. The molecule has 0 atom stereocenters. The van der Waals surface area contributed by atoms with Gasteiger partial charge in [-0.2, -0.15) is 0 Å². The third kappa shape index (κ3) is 4.58. The van der Waals surface area contributed by atoms with E-state index in [0.29, 0.717) is 0 Å². The number of rotatable bonds is 9. The maximum Gasteiger partial charge on any atom is 0.0947 e. The van der Waals surface area contributed by atoms with E-state index in [-0.39, 0.29) is 0 Å². The van der Waals surface area contributed by atoms with Gasteiger partial charge in [0.25, 0.3) is 0 Å². The maximum absolute atomic E-state index is 5.58. The lowest BCUT2D eigenvalue weighted by Gasteiger charge is -2.27. The fourth-order valence-electron chi connectivity index (χ4n) is 1.66. The summed E-state index contributed by atoms with van der Waals surface area (Å²) in [5.41, 5.74) is 0. The van der Waals surface area contributed by atoms with Crippen molar-refractivity contribution in [2.24, 2.45) is 0 Å². The Morgan fingerprint density at radius 3 is 1.71 bits per heavy atom. The van der Waals surface area contributed by atoms with Gasteiger partial charge in [0.1, 0.15) is 0 Å². The predicted octanol–water partition coefficient (Wildman–Crippen LogP) is 3.57. The summed E-state index contributed by atoms with van der Waals surface area (Å²) >= 11 is 0. The molecule has 14 heavy (non-hydrogen) atoms. The van der Waals surface area contributed by atoms with Crippen molar-refractivity contribution in [1.82, 2.24) is 0 Å². The minimum Gasteiger partial charge on any atom is -0.385 e. The Balaban J connectivity index is 4.43. The second kappa shape index (κ2) is 7.77. The molecule has 0 amide bonds. The van der Waals surface area contributed by atoms with Crippen LogP contribution in [0.4, 0.5) is 0 Å². The van der Waals surface area contributed by atoms with Gasteiger partial charge >= 0.3 is 0 Å². The Hall–Kier alpha value is -0.603. The van der Waals surface area contributed by atoms with Crippen molar-refractivity contribution in [3.63, 3.8) is 0 Å². The van der Waals surface area contributed by atoms with Crippen LogP contribution in [0.3, 0.4) is 0 Å². The molecule has 0 bridgehead atoms. The minimum atomic E-state index is -1.39. The Morgan fingerprint density at radius 2 is 1.43 bits per heavy atom. The highest BCUT2D eigenvalue weighted by molar-refractivity contribution is 6.81. The van der Waals surface area contributed by atoms with E-state index in [2.05, 4.69) is 19.7 Å². The van der Waals surface area contributed by atoms with E-state index in [9.17, 15) is 0 Å². The standard InChI is InChI=1S/C12H22OSi/c1-5-9-14(10-6-2,11-7-3)12-13-8-4/h5-7H,1-3,8-12H2,4H3. The van der Waals surface area contributed by atoms with E-state index in [1.54, 1.807) is 0 Å². The lowest BCUT2D eigenvalue weighted by Crippen LogP contribution is -2.38. The van der Waals surface area contributed by atoms with Crippen LogP contribution in [-0.2, 0) is 4.74 Å². The van der Waals surface area contributed by atoms with Gasteiger partial charge in [0.05, 0.1) is 8.07 Å². The Labute approximate surface area is 89.2 Å². The molecular formula is C12H22OSi. The van der Waals surface area contributed by atoms with Crippen molar-refractivity contribution in [2.45, 2.75) is 25.1 Å². The molecule has 0 aromatic rings. The molecule has 0 aromatic heterocycles. The highest BCUT2D eigenvalue weighted by Gasteiger charge is 2.28. The van der Waals surface area contributed by atoms with Crippen LogP contribution < -0.4 is 0 Å². The maximum atomic E-state index is 5.58. The molecule has 1 nitrogen and oxygen atoms in total. The van der Waals surface area contributed by atoms with E-state index in [1.165, 1.54) is 0 Å². The second-order valence-corrected chi connectivity index (χ2v) is 8.13. The second-order valence-electron chi connectivity index (χ2n) is 3.62. The first-order valence-electron chi connectivity index (χ1n) is 5.15. The van der Waals surface area contributed by atoms with Gasteiger partial charge in [-0.1, -0.05) is 18.2 Å². The van der Waals surface area contributed by atoms with E-state index in [0.717, 1.165) is 31.0 Å². The molecule has 0 aliphatic heterocycles. The molecule has 0 unspecified atom stereocenters. The summed E-state index contributed by atoms with van der Waals surface area (Å²) in [5, 5.41) is 0. The quantitative estimate of drug-likeness (QED) is 0.417. The number of allylic oxidation sites excluding steroid dienone is 3. The smallest absolute Gasteiger partial charge is 0.0947 e. The third-order valence-electron chi connectivity index (χ3n) is 2.34. The zero-order chi connectivity index (χ0) is 10.9. The first kappa shape index (κ1) is 13.4. The van der Waals surface area contributed by atoms with Gasteiger partial charge in [-0.3, -0.25) is 0 Å². The average molecular weight is 210 g/mol. The van der Waals surface area contributed by atoms with Crippen LogP contribution in [-0.4, -0.2) is 20.9 Å². The molecule has 0 N–H and O–H groups in total. The van der Waals surface area contributed by atoms with E-state index in [4.69, 9.17) is 4.74 Å². The third-order valence-corrected chi connectivity index (χ3v) is 6.63. The molecule has 0 radical (unpaired) electrons. The van der Waals surface area contributed by atoms with E-state index in [1.807, 2.05) is 25.2 Å². The molecule has 2 heteroatoms. The summed E-state index contributed by atoms with van der Waals surface area (Å²) in [6, 6.07) is 3.26.